The number of nitriles is 1. The molecule has 158 valence electrons. The minimum absolute atomic E-state index is 0.0385. The summed E-state index contributed by atoms with van der Waals surface area (Å²) >= 11 is 0. The van der Waals surface area contributed by atoms with Gasteiger partial charge in [0.25, 0.3) is 0 Å². The van der Waals surface area contributed by atoms with E-state index in [1.165, 1.54) is 25.6 Å². The second kappa shape index (κ2) is 11.6. The maximum Gasteiger partial charge on any atom is 0.372 e. The van der Waals surface area contributed by atoms with Gasteiger partial charge in [0.15, 0.2) is 5.76 Å². The van der Waals surface area contributed by atoms with Gasteiger partial charge >= 0.3 is 5.97 Å². The third-order valence-electron chi connectivity index (χ3n) is 3.74. The lowest BCUT2D eigenvalue weighted by Gasteiger charge is -2.12. The Morgan fingerprint density at radius 2 is 2.00 bits per heavy atom. The molecule has 0 atom stereocenters. The first-order valence-electron chi connectivity index (χ1n) is 9.07. The van der Waals surface area contributed by atoms with E-state index >= 15 is 0 Å². The summed E-state index contributed by atoms with van der Waals surface area (Å²) in [6, 6.07) is 10.6. The first-order chi connectivity index (χ1) is 15.0. The molecular formula is C23H21N3O5. The number of esters is 1. The van der Waals surface area contributed by atoms with Crippen molar-refractivity contribution >= 4 is 5.97 Å². The molecule has 0 radical (unpaired) electrons. The minimum Gasteiger partial charge on any atom is -0.482 e. The van der Waals surface area contributed by atoms with Crippen molar-refractivity contribution in [3.63, 3.8) is 0 Å². The molecule has 1 aromatic carbocycles. The lowest BCUT2D eigenvalue weighted by molar-refractivity contribution is -0.140. The van der Waals surface area contributed by atoms with Crippen molar-refractivity contribution in [2.24, 2.45) is 0 Å². The molecule has 31 heavy (non-hydrogen) atoms. The van der Waals surface area contributed by atoms with Crippen molar-refractivity contribution in [2.45, 2.75) is 13.5 Å². The molecule has 0 aliphatic heterocycles. The number of allylic oxidation sites excluding steroid dienone is 4. The second-order valence-corrected chi connectivity index (χ2v) is 5.80. The van der Waals surface area contributed by atoms with Gasteiger partial charge in [0.05, 0.1) is 18.7 Å². The fourth-order valence-electron chi connectivity index (χ4n) is 2.27. The molecule has 1 heterocycles. The molecule has 0 saturated carbocycles. The van der Waals surface area contributed by atoms with Crippen molar-refractivity contribution in [3.05, 3.63) is 90.7 Å². The molecule has 0 unspecified atom stereocenters. The summed E-state index contributed by atoms with van der Waals surface area (Å²) in [5.74, 6) is 0.309. The van der Waals surface area contributed by atoms with Gasteiger partial charge in [0.1, 0.15) is 30.5 Å². The number of ether oxygens (including phenoxy) is 4. The number of hydrogen-bond acceptors (Lipinski definition) is 8. The predicted octanol–water partition coefficient (Wildman–Crippen LogP) is 4.39. The van der Waals surface area contributed by atoms with Crippen LogP contribution in [0.2, 0.25) is 0 Å². The summed E-state index contributed by atoms with van der Waals surface area (Å²) in [5.41, 5.74) is 0.951. The minimum atomic E-state index is -0.656. The second-order valence-electron chi connectivity index (χ2n) is 5.80. The van der Waals surface area contributed by atoms with E-state index in [2.05, 4.69) is 27.9 Å². The summed E-state index contributed by atoms with van der Waals surface area (Å²) in [6.07, 6.45) is 6.01. The van der Waals surface area contributed by atoms with Gasteiger partial charge in [-0.3, -0.25) is 0 Å². The molecule has 0 spiro atoms. The zero-order valence-electron chi connectivity index (χ0n) is 17.2. The van der Waals surface area contributed by atoms with Gasteiger partial charge in [-0.25, -0.2) is 14.8 Å². The van der Waals surface area contributed by atoms with Crippen molar-refractivity contribution in [3.8, 4) is 23.6 Å². The van der Waals surface area contributed by atoms with Gasteiger partial charge in [-0.05, 0) is 31.7 Å². The Balaban J connectivity index is 2.20. The fraction of sp³-hybridized carbons (Fsp3) is 0.130. The topological polar surface area (TPSA) is 104 Å². The Labute approximate surface area is 180 Å². The zero-order valence-corrected chi connectivity index (χ0v) is 17.2. The normalized spacial score (nSPS) is 11.1. The molecule has 0 N–H and O–H groups in total. The van der Waals surface area contributed by atoms with E-state index < -0.39 is 5.97 Å². The number of methoxy groups -OCH3 is 1. The van der Waals surface area contributed by atoms with Crippen LogP contribution in [-0.4, -0.2) is 23.0 Å². The number of benzene rings is 1. The third kappa shape index (κ3) is 6.58. The van der Waals surface area contributed by atoms with Crippen LogP contribution >= 0.6 is 0 Å². The Bertz CT molecular complexity index is 1070. The third-order valence-corrected chi connectivity index (χ3v) is 3.74. The van der Waals surface area contributed by atoms with Gasteiger partial charge in [0.2, 0.25) is 11.8 Å². The van der Waals surface area contributed by atoms with Crippen LogP contribution in [0.15, 0.2) is 85.1 Å². The monoisotopic (exact) mass is 419 g/mol. The Hall–Kier alpha value is -4.38. The quantitative estimate of drug-likeness (QED) is 0.184. The van der Waals surface area contributed by atoms with Gasteiger partial charge in [-0.2, -0.15) is 5.26 Å². The largest absolute Gasteiger partial charge is 0.482 e. The molecule has 0 aliphatic carbocycles. The molecule has 0 fully saturated rings. The van der Waals surface area contributed by atoms with Crippen molar-refractivity contribution in [1.29, 1.82) is 5.26 Å². The molecule has 0 amide bonds. The van der Waals surface area contributed by atoms with Crippen LogP contribution in [0.1, 0.15) is 12.5 Å². The lowest BCUT2D eigenvalue weighted by Crippen LogP contribution is -2.07. The Kier molecular flexibility index (Phi) is 8.56. The molecule has 2 aromatic rings. The highest BCUT2D eigenvalue weighted by Crippen LogP contribution is 2.27. The molecule has 0 aliphatic rings. The van der Waals surface area contributed by atoms with Crippen LogP contribution in [0.5, 0.6) is 17.5 Å². The first-order valence-corrected chi connectivity index (χ1v) is 9.07. The van der Waals surface area contributed by atoms with Crippen LogP contribution < -0.4 is 9.47 Å². The summed E-state index contributed by atoms with van der Waals surface area (Å²) in [5, 5.41) is 9.26. The molecule has 8 nitrogen and oxygen atoms in total. The Morgan fingerprint density at radius 1 is 1.26 bits per heavy atom. The Morgan fingerprint density at radius 3 is 2.68 bits per heavy atom. The maximum absolute atomic E-state index is 11.4. The van der Waals surface area contributed by atoms with E-state index in [9.17, 15) is 10.1 Å². The molecule has 0 bridgehead atoms. The zero-order chi connectivity index (χ0) is 22.6. The highest BCUT2D eigenvalue weighted by molar-refractivity contribution is 5.85. The summed E-state index contributed by atoms with van der Waals surface area (Å²) in [4.78, 5) is 19.5. The van der Waals surface area contributed by atoms with Gasteiger partial charge < -0.3 is 18.9 Å². The van der Waals surface area contributed by atoms with Gasteiger partial charge in [-0.1, -0.05) is 30.9 Å². The highest BCUT2D eigenvalue weighted by atomic mass is 16.6. The van der Waals surface area contributed by atoms with Crippen LogP contribution in [0.25, 0.3) is 0 Å². The van der Waals surface area contributed by atoms with E-state index in [0.29, 0.717) is 16.9 Å². The van der Waals surface area contributed by atoms with E-state index in [1.807, 2.05) is 6.07 Å². The van der Waals surface area contributed by atoms with Gasteiger partial charge in [0, 0.05) is 5.56 Å². The van der Waals surface area contributed by atoms with Crippen LogP contribution in [0, 0.1) is 11.3 Å². The van der Waals surface area contributed by atoms with E-state index in [1.54, 1.807) is 43.3 Å². The number of rotatable bonds is 10. The maximum atomic E-state index is 11.4. The molecule has 0 saturated heterocycles. The number of carbonyl (C=O) groups excluding carboxylic acids is 1. The lowest BCUT2D eigenvalue weighted by atomic mass is 10.2. The number of hydrogen-bond donors (Lipinski definition) is 0. The number of para-hydroxylation sites is 1. The fourth-order valence-corrected chi connectivity index (χ4v) is 2.27. The van der Waals surface area contributed by atoms with Gasteiger partial charge in [-0.15, -0.1) is 0 Å². The average Bonchev–Trinajstić information content (AvgIpc) is 2.80. The molecule has 8 heteroatoms. The van der Waals surface area contributed by atoms with Crippen molar-refractivity contribution in [1.82, 2.24) is 9.97 Å². The molecule has 1 aromatic heterocycles. The predicted molar refractivity (Wildman–Crippen MR) is 113 cm³/mol. The van der Waals surface area contributed by atoms with E-state index in [4.69, 9.17) is 14.2 Å². The molecule has 2 rings (SSSR count). The van der Waals surface area contributed by atoms with Crippen LogP contribution in [-0.2, 0) is 20.9 Å². The summed E-state index contributed by atoms with van der Waals surface area (Å²) < 4.78 is 21.4. The number of nitrogens with zero attached hydrogens (tertiary/aromatic N) is 3. The van der Waals surface area contributed by atoms with Crippen LogP contribution in [0.4, 0.5) is 0 Å². The SMILES string of the molecule is C=CC(Oc1cc(Oc2ccccc2COC(=C)C(=O)OC)ncn1)=C(C#N)C=CC. The average molecular weight is 419 g/mol. The summed E-state index contributed by atoms with van der Waals surface area (Å²) in [6.45, 7) is 9.01. The first kappa shape index (κ1) is 22.9. The highest BCUT2D eigenvalue weighted by Gasteiger charge is 2.12. The number of carbonyl (C=O) groups is 1. The van der Waals surface area contributed by atoms with E-state index in [-0.39, 0.29) is 29.9 Å². The van der Waals surface area contributed by atoms with Crippen molar-refractivity contribution in [2.75, 3.05) is 7.11 Å². The van der Waals surface area contributed by atoms with Crippen molar-refractivity contribution < 1.29 is 23.7 Å². The standard InChI is InChI=1S/C23H21N3O5/c1-5-9-17(13-24)19(6-2)30-21-12-22(26-15-25-21)31-20-11-8-7-10-18(20)14-29-16(3)23(27)28-4/h5-12,15H,2-3,14H2,1,4H3. The molecular weight excluding hydrogens is 398 g/mol. The smallest absolute Gasteiger partial charge is 0.372 e. The van der Waals surface area contributed by atoms with Crippen LogP contribution in [0.3, 0.4) is 0 Å². The van der Waals surface area contributed by atoms with E-state index in [0.717, 1.165) is 0 Å². The number of aromatic nitrogens is 2. The summed E-state index contributed by atoms with van der Waals surface area (Å²) in [7, 11) is 1.24.